The van der Waals surface area contributed by atoms with Crippen molar-refractivity contribution in [1.82, 2.24) is 9.80 Å². The van der Waals surface area contributed by atoms with E-state index in [4.69, 9.17) is 0 Å². The van der Waals surface area contributed by atoms with Gasteiger partial charge in [-0.15, -0.1) is 0 Å². The first-order valence-electron chi connectivity index (χ1n) is 6.06. The maximum absolute atomic E-state index is 11.9. The lowest BCUT2D eigenvalue weighted by molar-refractivity contribution is -0.133. The monoisotopic (exact) mass is 212 g/mol. The van der Waals surface area contributed by atoms with Gasteiger partial charge in [-0.2, -0.15) is 0 Å². The topological polar surface area (TPSA) is 23.6 Å². The number of likely N-dealkylation sites (N-methyl/N-ethyl adjacent to an activating group) is 1. The Morgan fingerprint density at radius 1 is 1.27 bits per heavy atom. The van der Waals surface area contributed by atoms with Crippen molar-refractivity contribution in [1.29, 1.82) is 0 Å². The molecule has 0 aromatic rings. The zero-order chi connectivity index (χ0) is 11.3. The largest absolute Gasteiger partial charge is 0.342 e. The van der Waals surface area contributed by atoms with Crippen molar-refractivity contribution in [3.05, 3.63) is 0 Å². The van der Waals surface area contributed by atoms with E-state index in [-0.39, 0.29) is 0 Å². The number of amides is 1. The quantitative estimate of drug-likeness (QED) is 0.706. The minimum Gasteiger partial charge on any atom is -0.342 e. The summed E-state index contributed by atoms with van der Waals surface area (Å²) >= 11 is 0. The van der Waals surface area contributed by atoms with E-state index in [9.17, 15) is 4.79 Å². The molecule has 1 rings (SSSR count). The molecule has 0 atom stereocenters. The molecule has 15 heavy (non-hydrogen) atoms. The van der Waals surface area contributed by atoms with Gasteiger partial charge in [0.25, 0.3) is 0 Å². The number of hydrogen-bond acceptors (Lipinski definition) is 2. The second kappa shape index (κ2) is 6.11. The lowest BCUT2D eigenvalue weighted by Gasteiger charge is -2.29. The third kappa shape index (κ3) is 4.65. The van der Waals surface area contributed by atoms with Gasteiger partial charge in [0.15, 0.2) is 0 Å². The van der Waals surface area contributed by atoms with Crippen LogP contribution < -0.4 is 0 Å². The Bertz CT molecular complexity index is 198. The van der Waals surface area contributed by atoms with Crippen LogP contribution in [0.3, 0.4) is 0 Å². The minimum atomic E-state index is 0.304. The molecule has 1 amide bonds. The maximum atomic E-state index is 11.9. The SMILES string of the molecule is CC(C)CN(C)CC(=O)N1CCCCC1. The lowest BCUT2D eigenvalue weighted by Crippen LogP contribution is -2.42. The van der Waals surface area contributed by atoms with Gasteiger partial charge in [-0.3, -0.25) is 9.69 Å². The smallest absolute Gasteiger partial charge is 0.236 e. The molecule has 1 aliphatic rings. The number of nitrogens with zero attached hydrogens (tertiary/aromatic N) is 2. The van der Waals surface area contributed by atoms with E-state index in [1.54, 1.807) is 0 Å². The van der Waals surface area contributed by atoms with Gasteiger partial charge >= 0.3 is 0 Å². The predicted molar refractivity (Wildman–Crippen MR) is 62.8 cm³/mol. The summed E-state index contributed by atoms with van der Waals surface area (Å²) in [4.78, 5) is 16.0. The van der Waals surface area contributed by atoms with Crippen LogP contribution in [-0.4, -0.2) is 48.9 Å². The molecule has 1 heterocycles. The molecule has 0 aromatic carbocycles. The Labute approximate surface area is 93.4 Å². The summed E-state index contributed by atoms with van der Waals surface area (Å²) in [5.41, 5.74) is 0. The number of rotatable bonds is 4. The van der Waals surface area contributed by atoms with Crippen LogP contribution in [0.5, 0.6) is 0 Å². The first kappa shape index (κ1) is 12.5. The molecule has 0 N–H and O–H groups in total. The molecule has 1 saturated heterocycles. The molecule has 1 fully saturated rings. The Hall–Kier alpha value is -0.570. The number of likely N-dealkylation sites (tertiary alicyclic amines) is 1. The Morgan fingerprint density at radius 2 is 1.87 bits per heavy atom. The molecule has 88 valence electrons. The highest BCUT2D eigenvalue weighted by atomic mass is 16.2. The van der Waals surface area contributed by atoms with Crippen LogP contribution in [0.1, 0.15) is 33.1 Å². The third-order valence-electron chi connectivity index (χ3n) is 2.79. The van der Waals surface area contributed by atoms with E-state index >= 15 is 0 Å². The van der Waals surface area contributed by atoms with Crippen LogP contribution in [-0.2, 0) is 4.79 Å². The molecule has 0 unspecified atom stereocenters. The van der Waals surface area contributed by atoms with Gasteiger partial charge in [0.05, 0.1) is 6.54 Å². The minimum absolute atomic E-state index is 0.304. The van der Waals surface area contributed by atoms with Gasteiger partial charge in [-0.05, 0) is 32.2 Å². The summed E-state index contributed by atoms with van der Waals surface area (Å²) in [6.07, 6.45) is 3.64. The number of piperidine rings is 1. The predicted octanol–water partition coefficient (Wildman–Crippen LogP) is 1.59. The average molecular weight is 212 g/mol. The Morgan fingerprint density at radius 3 is 2.40 bits per heavy atom. The lowest BCUT2D eigenvalue weighted by atomic mass is 10.1. The fourth-order valence-electron chi connectivity index (χ4n) is 2.16. The van der Waals surface area contributed by atoms with Crippen LogP contribution >= 0.6 is 0 Å². The van der Waals surface area contributed by atoms with Crippen molar-refractivity contribution in [2.24, 2.45) is 5.92 Å². The van der Waals surface area contributed by atoms with E-state index < -0.39 is 0 Å². The fraction of sp³-hybridized carbons (Fsp3) is 0.917. The van der Waals surface area contributed by atoms with Gasteiger partial charge in [0.1, 0.15) is 0 Å². The zero-order valence-electron chi connectivity index (χ0n) is 10.3. The van der Waals surface area contributed by atoms with Gasteiger partial charge in [-0.1, -0.05) is 13.8 Å². The van der Waals surface area contributed by atoms with Gasteiger partial charge in [0.2, 0.25) is 5.91 Å². The van der Waals surface area contributed by atoms with Gasteiger partial charge < -0.3 is 4.90 Å². The van der Waals surface area contributed by atoms with Gasteiger partial charge in [0, 0.05) is 19.6 Å². The van der Waals surface area contributed by atoms with E-state index in [0.29, 0.717) is 18.4 Å². The second-order valence-corrected chi connectivity index (χ2v) is 5.03. The van der Waals surface area contributed by atoms with Gasteiger partial charge in [-0.25, -0.2) is 0 Å². The molecule has 1 aliphatic heterocycles. The molecular formula is C12H24N2O. The highest BCUT2D eigenvalue weighted by Gasteiger charge is 2.17. The Balaban J connectivity index is 2.27. The third-order valence-corrected chi connectivity index (χ3v) is 2.79. The van der Waals surface area contributed by atoms with Crippen LogP contribution in [0.2, 0.25) is 0 Å². The van der Waals surface area contributed by atoms with Crippen LogP contribution in [0.25, 0.3) is 0 Å². The zero-order valence-corrected chi connectivity index (χ0v) is 10.3. The summed E-state index contributed by atoms with van der Waals surface area (Å²) in [7, 11) is 2.03. The number of hydrogen-bond donors (Lipinski definition) is 0. The van der Waals surface area contributed by atoms with Crippen molar-refractivity contribution < 1.29 is 4.79 Å². The van der Waals surface area contributed by atoms with Crippen molar-refractivity contribution in [3.8, 4) is 0 Å². The number of carbonyl (C=O) groups excluding carboxylic acids is 1. The molecule has 3 nitrogen and oxygen atoms in total. The molecule has 0 aromatic heterocycles. The first-order chi connectivity index (χ1) is 7.09. The van der Waals surface area contributed by atoms with E-state index in [2.05, 4.69) is 18.7 Å². The van der Waals surface area contributed by atoms with E-state index in [0.717, 1.165) is 19.6 Å². The normalized spacial score (nSPS) is 17.5. The molecule has 0 saturated carbocycles. The summed E-state index contributed by atoms with van der Waals surface area (Å²) in [6.45, 7) is 7.88. The second-order valence-electron chi connectivity index (χ2n) is 5.03. The standard InChI is InChI=1S/C12H24N2O/c1-11(2)9-13(3)10-12(15)14-7-5-4-6-8-14/h11H,4-10H2,1-3H3. The maximum Gasteiger partial charge on any atom is 0.236 e. The highest BCUT2D eigenvalue weighted by Crippen LogP contribution is 2.09. The van der Waals surface area contributed by atoms with Crippen LogP contribution in [0.15, 0.2) is 0 Å². The highest BCUT2D eigenvalue weighted by molar-refractivity contribution is 5.78. The Kier molecular flexibility index (Phi) is 5.09. The average Bonchev–Trinajstić information content (AvgIpc) is 2.17. The molecule has 0 aliphatic carbocycles. The van der Waals surface area contributed by atoms with E-state index in [1.165, 1.54) is 19.3 Å². The summed E-state index contributed by atoms with van der Waals surface area (Å²) < 4.78 is 0. The molecule has 0 bridgehead atoms. The fourth-order valence-corrected chi connectivity index (χ4v) is 2.16. The van der Waals surface area contributed by atoms with Crippen LogP contribution in [0, 0.1) is 5.92 Å². The van der Waals surface area contributed by atoms with Crippen molar-refractivity contribution in [3.63, 3.8) is 0 Å². The van der Waals surface area contributed by atoms with Crippen molar-refractivity contribution in [2.45, 2.75) is 33.1 Å². The van der Waals surface area contributed by atoms with E-state index in [1.807, 2.05) is 11.9 Å². The van der Waals surface area contributed by atoms with Crippen molar-refractivity contribution in [2.75, 3.05) is 33.2 Å². The summed E-state index contributed by atoms with van der Waals surface area (Å²) in [6, 6.07) is 0. The molecule has 0 spiro atoms. The first-order valence-corrected chi connectivity index (χ1v) is 6.06. The molecular weight excluding hydrogens is 188 g/mol. The summed E-state index contributed by atoms with van der Waals surface area (Å²) in [5, 5.41) is 0. The van der Waals surface area contributed by atoms with Crippen molar-refractivity contribution >= 4 is 5.91 Å². The molecule has 0 radical (unpaired) electrons. The number of carbonyl (C=O) groups is 1. The molecule has 3 heteroatoms. The van der Waals surface area contributed by atoms with Crippen LogP contribution in [0.4, 0.5) is 0 Å². The summed E-state index contributed by atoms with van der Waals surface area (Å²) in [5.74, 6) is 0.932.